The summed E-state index contributed by atoms with van der Waals surface area (Å²) in [6, 6.07) is 17.7. The zero-order chi connectivity index (χ0) is 22.8. The third-order valence-electron chi connectivity index (χ3n) is 6.11. The molecule has 2 aliphatic rings. The van der Waals surface area contributed by atoms with Crippen LogP contribution in [0.4, 0.5) is 0 Å². The second-order valence-electron chi connectivity index (χ2n) is 8.66. The van der Waals surface area contributed by atoms with Gasteiger partial charge in [0.05, 0.1) is 18.8 Å². The minimum Gasteiger partial charge on any atom is -0.497 e. The van der Waals surface area contributed by atoms with Gasteiger partial charge in [0.15, 0.2) is 5.78 Å². The Labute approximate surface area is 189 Å². The number of ether oxygens (including phenoxy) is 2. The highest BCUT2D eigenvalue weighted by molar-refractivity contribution is 6.04. The van der Waals surface area contributed by atoms with Crippen LogP contribution in [-0.2, 0) is 14.3 Å². The highest BCUT2D eigenvalue weighted by Gasteiger charge is 2.41. The lowest BCUT2D eigenvalue weighted by Gasteiger charge is -2.37. The minimum atomic E-state index is -0.465. The van der Waals surface area contributed by atoms with Crippen LogP contribution >= 0.6 is 0 Å². The number of methoxy groups -OCH3 is 1. The van der Waals surface area contributed by atoms with E-state index in [1.165, 1.54) is 0 Å². The van der Waals surface area contributed by atoms with Crippen LogP contribution in [0.15, 0.2) is 77.1 Å². The molecule has 4 rings (SSSR count). The van der Waals surface area contributed by atoms with E-state index in [9.17, 15) is 9.59 Å². The lowest BCUT2D eigenvalue weighted by atomic mass is 9.71. The quantitative estimate of drug-likeness (QED) is 0.675. The number of nitrogens with one attached hydrogen (secondary N) is 1. The monoisotopic (exact) mass is 431 g/mol. The standard InChI is InChI=1S/C27H29NO4/c1-16(2)32-27(30)24-17(3)28-22-14-20(18-8-6-5-7-9-18)15-23(29)26(22)25(24)19-10-12-21(31-4)13-11-19/h5-13,16,20,25,28H,14-15H2,1-4H3/t20-,25-/m0/s1. The average Bonchev–Trinajstić information content (AvgIpc) is 2.78. The molecule has 5 heteroatoms. The summed E-state index contributed by atoms with van der Waals surface area (Å²) in [7, 11) is 1.62. The van der Waals surface area contributed by atoms with E-state index in [1.54, 1.807) is 7.11 Å². The van der Waals surface area contributed by atoms with Crippen molar-refractivity contribution in [2.24, 2.45) is 0 Å². The summed E-state index contributed by atoms with van der Waals surface area (Å²) in [5.74, 6) is 0.0465. The molecule has 2 aromatic rings. The van der Waals surface area contributed by atoms with Gasteiger partial charge in [-0.1, -0.05) is 42.5 Å². The Kier molecular flexibility index (Phi) is 6.17. The first-order chi connectivity index (χ1) is 15.4. The molecule has 0 fully saturated rings. The molecule has 1 aliphatic heterocycles. The van der Waals surface area contributed by atoms with Crippen LogP contribution < -0.4 is 10.1 Å². The lowest BCUT2D eigenvalue weighted by Crippen LogP contribution is -2.36. The van der Waals surface area contributed by atoms with E-state index in [0.29, 0.717) is 17.6 Å². The number of carbonyl (C=O) groups is 2. The van der Waals surface area contributed by atoms with Crippen molar-refractivity contribution in [1.82, 2.24) is 5.32 Å². The van der Waals surface area contributed by atoms with Crippen molar-refractivity contribution in [2.75, 3.05) is 7.11 Å². The Bertz CT molecular complexity index is 1080. The number of esters is 1. The van der Waals surface area contributed by atoms with Crippen molar-refractivity contribution >= 4 is 11.8 Å². The summed E-state index contributed by atoms with van der Waals surface area (Å²) in [5, 5.41) is 3.39. The molecule has 0 aromatic heterocycles. The molecule has 0 saturated carbocycles. The van der Waals surface area contributed by atoms with Gasteiger partial charge in [-0.25, -0.2) is 4.79 Å². The van der Waals surface area contributed by atoms with Gasteiger partial charge in [-0.2, -0.15) is 0 Å². The molecule has 2 atom stereocenters. The average molecular weight is 432 g/mol. The maximum atomic E-state index is 13.5. The summed E-state index contributed by atoms with van der Waals surface area (Å²) in [5.41, 5.74) is 4.83. The number of hydrogen-bond donors (Lipinski definition) is 1. The van der Waals surface area contributed by atoms with Crippen LogP contribution in [0.3, 0.4) is 0 Å². The number of rotatable bonds is 5. The molecule has 0 amide bonds. The number of Topliss-reactive ketones (excluding diaryl/α,β-unsaturated/α-hetero) is 1. The molecule has 1 aliphatic carbocycles. The summed E-state index contributed by atoms with van der Waals surface area (Å²) in [6.45, 7) is 5.54. The van der Waals surface area contributed by atoms with Crippen LogP contribution in [0, 0.1) is 0 Å². The van der Waals surface area contributed by atoms with E-state index < -0.39 is 11.9 Å². The highest BCUT2D eigenvalue weighted by Crippen LogP contribution is 2.45. The predicted octanol–water partition coefficient (Wildman–Crippen LogP) is 5.01. The summed E-state index contributed by atoms with van der Waals surface area (Å²) < 4.78 is 10.9. The Morgan fingerprint density at radius 1 is 1.00 bits per heavy atom. The largest absolute Gasteiger partial charge is 0.497 e. The molecular weight excluding hydrogens is 402 g/mol. The SMILES string of the molecule is COc1ccc([C@H]2C(C(=O)OC(C)C)=C(C)NC3=C2C(=O)C[C@@H](c2ccccc2)C3)cc1. The lowest BCUT2D eigenvalue weighted by molar-refractivity contribution is -0.143. The van der Waals surface area contributed by atoms with Crippen molar-refractivity contribution in [3.05, 3.63) is 88.3 Å². The maximum absolute atomic E-state index is 13.5. The topological polar surface area (TPSA) is 64.6 Å². The molecule has 166 valence electrons. The van der Waals surface area contributed by atoms with Gasteiger partial charge < -0.3 is 14.8 Å². The fourth-order valence-electron chi connectivity index (χ4n) is 4.68. The summed E-state index contributed by atoms with van der Waals surface area (Å²) >= 11 is 0. The molecule has 0 unspecified atom stereocenters. The Morgan fingerprint density at radius 3 is 2.31 bits per heavy atom. The van der Waals surface area contributed by atoms with Crippen molar-refractivity contribution in [3.8, 4) is 5.75 Å². The van der Waals surface area contributed by atoms with Gasteiger partial charge in [-0.15, -0.1) is 0 Å². The first kappa shape index (κ1) is 21.9. The Hall–Kier alpha value is -3.34. The fraction of sp³-hybridized carbons (Fsp3) is 0.333. The molecule has 0 spiro atoms. The Morgan fingerprint density at radius 2 is 1.69 bits per heavy atom. The molecule has 32 heavy (non-hydrogen) atoms. The predicted molar refractivity (Wildman–Crippen MR) is 123 cm³/mol. The van der Waals surface area contributed by atoms with E-state index in [0.717, 1.165) is 34.7 Å². The molecule has 0 bridgehead atoms. The summed E-state index contributed by atoms with van der Waals surface area (Å²) in [6.07, 6.45) is 0.892. The first-order valence-corrected chi connectivity index (χ1v) is 11.0. The molecule has 0 saturated heterocycles. The zero-order valence-electron chi connectivity index (χ0n) is 19.0. The second-order valence-corrected chi connectivity index (χ2v) is 8.66. The van der Waals surface area contributed by atoms with Gasteiger partial charge >= 0.3 is 5.97 Å². The van der Waals surface area contributed by atoms with Crippen LogP contribution in [0.25, 0.3) is 0 Å². The first-order valence-electron chi connectivity index (χ1n) is 11.0. The van der Waals surface area contributed by atoms with Gasteiger partial charge in [0.25, 0.3) is 0 Å². The van der Waals surface area contributed by atoms with Gasteiger partial charge in [0.2, 0.25) is 0 Å². The fourth-order valence-corrected chi connectivity index (χ4v) is 4.68. The smallest absolute Gasteiger partial charge is 0.337 e. The number of hydrogen-bond acceptors (Lipinski definition) is 5. The van der Waals surface area contributed by atoms with Gasteiger partial charge in [0, 0.05) is 29.3 Å². The van der Waals surface area contributed by atoms with E-state index in [2.05, 4.69) is 17.4 Å². The maximum Gasteiger partial charge on any atom is 0.337 e. The number of carbonyl (C=O) groups excluding carboxylic acids is 2. The number of dihydropyridines is 1. The number of benzene rings is 2. The molecule has 2 aromatic carbocycles. The Balaban J connectivity index is 1.79. The molecule has 0 radical (unpaired) electrons. The number of allylic oxidation sites excluding steroid dienone is 3. The third kappa shape index (κ3) is 4.20. The number of ketones is 1. The second kappa shape index (κ2) is 9.03. The van der Waals surface area contributed by atoms with Crippen LogP contribution in [-0.4, -0.2) is 25.0 Å². The van der Waals surface area contributed by atoms with E-state index >= 15 is 0 Å². The third-order valence-corrected chi connectivity index (χ3v) is 6.11. The van der Waals surface area contributed by atoms with Gasteiger partial charge in [-0.3, -0.25) is 4.79 Å². The van der Waals surface area contributed by atoms with Crippen LogP contribution in [0.1, 0.15) is 56.6 Å². The van der Waals surface area contributed by atoms with E-state index in [4.69, 9.17) is 9.47 Å². The highest BCUT2D eigenvalue weighted by atomic mass is 16.5. The van der Waals surface area contributed by atoms with Crippen molar-refractivity contribution in [1.29, 1.82) is 0 Å². The van der Waals surface area contributed by atoms with E-state index in [1.807, 2.05) is 63.2 Å². The zero-order valence-corrected chi connectivity index (χ0v) is 19.0. The minimum absolute atomic E-state index is 0.0655. The van der Waals surface area contributed by atoms with E-state index in [-0.39, 0.29) is 17.8 Å². The molecule has 1 heterocycles. The molecule has 5 nitrogen and oxygen atoms in total. The summed E-state index contributed by atoms with van der Waals surface area (Å²) in [4.78, 5) is 26.6. The van der Waals surface area contributed by atoms with Gasteiger partial charge in [-0.05, 0) is 56.4 Å². The van der Waals surface area contributed by atoms with Crippen LogP contribution in [0.5, 0.6) is 5.75 Å². The van der Waals surface area contributed by atoms with Crippen molar-refractivity contribution in [2.45, 2.75) is 51.6 Å². The van der Waals surface area contributed by atoms with Crippen LogP contribution in [0.2, 0.25) is 0 Å². The normalized spacial score (nSPS) is 20.7. The van der Waals surface area contributed by atoms with Crippen molar-refractivity contribution in [3.63, 3.8) is 0 Å². The molecular formula is C27H29NO4. The van der Waals surface area contributed by atoms with Gasteiger partial charge in [0.1, 0.15) is 5.75 Å². The molecule has 1 N–H and O–H groups in total. The van der Waals surface area contributed by atoms with Crippen molar-refractivity contribution < 1.29 is 19.1 Å².